The van der Waals surface area contributed by atoms with Gasteiger partial charge in [-0.1, -0.05) is 43.7 Å². The molecule has 1 aliphatic carbocycles. The molecule has 1 aliphatic rings. The van der Waals surface area contributed by atoms with Gasteiger partial charge in [0.25, 0.3) is 0 Å². The number of hydrogen-bond acceptors (Lipinski definition) is 10. The Morgan fingerprint density at radius 3 is 1.60 bits per heavy atom. The van der Waals surface area contributed by atoms with Crippen molar-refractivity contribution in [1.82, 2.24) is 19.9 Å². The van der Waals surface area contributed by atoms with E-state index in [2.05, 4.69) is 87.7 Å². The number of nitrogens with zero attached hydrogens (tertiary/aromatic N) is 4. The second-order valence-electron chi connectivity index (χ2n) is 10.8. The Kier molecular flexibility index (Phi) is 11.1. The number of nitrogens with two attached hydrogens (primary N) is 2. The number of thioether (sulfide) groups is 2. The molecule has 0 aliphatic heterocycles. The minimum atomic E-state index is 0.231. The molecule has 1 aromatic carbocycles. The molecule has 0 saturated heterocycles. The molecule has 2 atom stereocenters. The first-order valence-corrected chi connectivity index (χ1v) is 16.3. The summed E-state index contributed by atoms with van der Waals surface area (Å²) in [6.45, 7) is 12.0. The van der Waals surface area contributed by atoms with Crippen molar-refractivity contribution >= 4 is 35.4 Å². The number of benzene rings is 1. The van der Waals surface area contributed by atoms with E-state index in [0.717, 1.165) is 39.4 Å². The van der Waals surface area contributed by atoms with E-state index in [1.807, 2.05) is 0 Å². The summed E-state index contributed by atoms with van der Waals surface area (Å²) in [5.74, 6) is 4.08. The van der Waals surface area contributed by atoms with Crippen LogP contribution in [0.15, 0.2) is 52.5 Å². The Balaban J connectivity index is 1.81. The van der Waals surface area contributed by atoms with Gasteiger partial charge in [0.05, 0.1) is 11.4 Å². The highest BCUT2D eigenvalue weighted by molar-refractivity contribution is 7.99. The van der Waals surface area contributed by atoms with Crippen LogP contribution in [-0.2, 0) is 0 Å². The first-order chi connectivity index (χ1) is 19.3. The Morgan fingerprint density at radius 2 is 1.20 bits per heavy atom. The standard InChI is InChI=1S/C30H44N8S2/c1-6-21-27(22-16-24(39-14-12-31)37-29(35-22)33-18(2)3)26(20-10-8-7-9-11-20)28(21)23-17-25(40-15-13-32)38-30(36-23)34-19(4)5/h7-11,16-19,21,26-28H,6,12-15,31-32H2,1-5H3,(H,33,35,37)(H,34,36,38)/t21?,26?,27-,28-/m1/s1. The van der Waals surface area contributed by atoms with Crippen molar-refractivity contribution in [2.45, 2.75) is 80.9 Å². The van der Waals surface area contributed by atoms with Crippen molar-refractivity contribution in [1.29, 1.82) is 0 Å². The second-order valence-corrected chi connectivity index (χ2v) is 13.1. The maximum absolute atomic E-state index is 5.83. The van der Waals surface area contributed by atoms with E-state index in [-0.39, 0.29) is 29.8 Å². The maximum atomic E-state index is 5.83. The van der Waals surface area contributed by atoms with Crippen molar-refractivity contribution in [3.63, 3.8) is 0 Å². The quantitative estimate of drug-likeness (QED) is 0.139. The van der Waals surface area contributed by atoms with Crippen LogP contribution >= 0.6 is 23.5 Å². The van der Waals surface area contributed by atoms with E-state index in [9.17, 15) is 0 Å². The zero-order chi connectivity index (χ0) is 28.6. The fourth-order valence-corrected chi connectivity index (χ4v) is 6.95. The van der Waals surface area contributed by atoms with Crippen LogP contribution in [0, 0.1) is 5.92 Å². The SMILES string of the molecule is CCC1[C@H](c2cc(SCCN)nc(NC(C)C)n2)C(c2ccccc2)[C@H]1c1cc(SCCN)nc(NC(C)C)n1. The third-order valence-corrected chi connectivity index (χ3v) is 8.94. The van der Waals surface area contributed by atoms with Crippen molar-refractivity contribution in [3.8, 4) is 0 Å². The van der Waals surface area contributed by atoms with Crippen LogP contribution in [0.2, 0.25) is 0 Å². The van der Waals surface area contributed by atoms with Crippen molar-refractivity contribution in [3.05, 3.63) is 59.4 Å². The van der Waals surface area contributed by atoms with E-state index in [1.54, 1.807) is 23.5 Å². The van der Waals surface area contributed by atoms with Gasteiger partial charge in [-0.3, -0.25) is 0 Å². The molecule has 1 saturated carbocycles. The monoisotopic (exact) mass is 580 g/mol. The molecule has 4 rings (SSSR count). The van der Waals surface area contributed by atoms with Gasteiger partial charge in [0.1, 0.15) is 10.1 Å². The van der Waals surface area contributed by atoms with E-state index >= 15 is 0 Å². The molecule has 216 valence electrons. The zero-order valence-corrected chi connectivity index (χ0v) is 25.9. The highest BCUT2D eigenvalue weighted by Gasteiger charge is 2.53. The van der Waals surface area contributed by atoms with Gasteiger partial charge in [-0.15, -0.1) is 23.5 Å². The summed E-state index contributed by atoms with van der Waals surface area (Å²) in [6, 6.07) is 15.7. The largest absolute Gasteiger partial charge is 0.352 e. The third-order valence-electron chi connectivity index (χ3n) is 7.05. The highest BCUT2D eigenvalue weighted by Crippen LogP contribution is 2.63. The van der Waals surface area contributed by atoms with E-state index < -0.39 is 0 Å². The maximum Gasteiger partial charge on any atom is 0.224 e. The molecule has 0 spiro atoms. The number of rotatable bonds is 14. The third kappa shape index (κ3) is 7.46. The fourth-order valence-electron chi connectivity index (χ4n) is 5.59. The average molecular weight is 581 g/mol. The topological polar surface area (TPSA) is 128 Å². The summed E-state index contributed by atoms with van der Waals surface area (Å²) in [5, 5.41) is 8.81. The van der Waals surface area contributed by atoms with Gasteiger partial charge in [-0.05, 0) is 51.3 Å². The summed E-state index contributed by atoms with van der Waals surface area (Å²) in [6.07, 6.45) is 1.02. The van der Waals surface area contributed by atoms with Gasteiger partial charge >= 0.3 is 0 Å². The van der Waals surface area contributed by atoms with Crippen molar-refractivity contribution in [2.24, 2.45) is 17.4 Å². The number of hydrogen-bond donors (Lipinski definition) is 4. The smallest absolute Gasteiger partial charge is 0.224 e. The van der Waals surface area contributed by atoms with Crippen LogP contribution in [0.25, 0.3) is 0 Å². The fraction of sp³-hybridized carbons (Fsp3) is 0.533. The van der Waals surface area contributed by atoms with Gasteiger partial charge in [0.15, 0.2) is 0 Å². The van der Waals surface area contributed by atoms with Gasteiger partial charge in [-0.2, -0.15) is 0 Å². The minimum absolute atomic E-state index is 0.231. The lowest BCUT2D eigenvalue weighted by molar-refractivity contribution is 0.143. The average Bonchev–Trinajstić information content (AvgIpc) is 2.90. The van der Waals surface area contributed by atoms with E-state index in [4.69, 9.17) is 31.4 Å². The number of aromatic nitrogens is 4. The minimum Gasteiger partial charge on any atom is -0.352 e. The molecule has 40 heavy (non-hydrogen) atoms. The molecule has 1 fully saturated rings. The van der Waals surface area contributed by atoms with Crippen LogP contribution in [0.4, 0.5) is 11.9 Å². The van der Waals surface area contributed by atoms with Crippen LogP contribution in [-0.4, -0.2) is 56.6 Å². The summed E-state index contributed by atoms with van der Waals surface area (Å²) in [4.78, 5) is 19.8. The number of anilines is 2. The molecule has 0 radical (unpaired) electrons. The van der Waals surface area contributed by atoms with Crippen LogP contribution in [0.3, 0.4) is 0 Å². The Morgan fingerprint density at radius 1 is 0.725 bits per heavy atom. The van der Waals surface area contributed by atoms with Gasteiger partial charge in [0.2, 0.25) is 11.9 Å². The molecule has 3 aromatic rings. The molecule has 2 heterocycles. The van der Waals surface area contributed by atoms with Crippen LogP contribution in [0.5, 0.6) is 0 Å². The first kappa shape index (κ1) is 30.6. The van der Waals surface area contributed by atoms with Gasteiger partial charge in [0, 0.05) is 54.4 Å². The van der Waals surface area contributed by atoms with Gasteiger partial charge in [-0.25, -0.2) is 19.9 Å². The zero-order valence-electron chi connectivity index (χ0n) is 24.3. The molecule has 8 nitrogen and oxygen atoms in total. The molecular formula is C30H44N8S2. The summed E-state index contributed by atoms with van der Waals surface area (Å²) >= 11 is 3.38. The van der Waals surface area contributed by atoms with E-state index in [0.29, 0.717) is 30.9 Å². The lowest BCUT2D eigenvalue weighted by Crippen LogP contribution is -2.42. The van der Waals surface area contributed by atoms with Crippen LogP contribution in [0.1, 0.15) is 75.7 Å². The molecule has 2 aromatic heterocycles. The second kappa shape index (κ2) is 14.5. The molecule has 0 amide bonds. The summed E-state index contributed by atoms with van der Waals surface area (Å²) < 4.78 is 0. The van der Waals surface area contributed by atoms with Crippen LogP contribution < -0.4 is 22.1 Å². The first-order valence-electron chi connectivity index (χ1n) is 14.4. The van der Waals surface area contributed by atoms with Crippen molar-refractivity contribution in [2.75, 3.05) is 35.2 Å². The lowest BCUT2D eigenvalue weighted by Gasteiger charge is -2.52. The summed E-state index contributed by atoms with van der Waals surface area (Å²) in [7, 11) is 0. The lowest BCUT2D eigenvalue weighted by atomic mass is 9.51. The Hall–Kier alpha value is -2.40. The predicted molar refractivity (Wildman–Crippen MR) is 170 cm³/mol. The van der Waals surface area contributed by atoms with Gasteiger partial charge < -0.3 is 22.1 Å². The molecule has 6 N–H and O–H groups in total. The molecule has 0 bridgehead atoms. The normalized spacial score (nSPS) is 20.5. The van der Waals surface area contributed by atoms with Crippen molar-refractivity contribution < 1.29 is 0 Å². The Labute approximate surface area is 247 Å². The van der Waals surface area contributed by atoms with E-state index in [1.165, 1.54) is 5.56 Å². The molecular weight excluding hydrogens is 537 g/mol. The Bertz CT molecular complexity index is 1150. The molecule has 10 heteroatoms. The predicted octanol–water partition coefficient (Wildman–Crippen LogP) is 5.70. The number of nitrogens with one attached hydrogen (secondary N) is 2. The highest BCUT2D eigenvalue weighted by atomic mass is 32.2. The molecule has 0 unspecified atom stereocenters. The summed E-state index contributed by atoms with van der Waals surface area (Å²) in [5.41, 5.74) is 15.1.